The molecule has 21 heavy (non-hydrogen) atoms. The second-order valence-electron chi connectivity index (χ2n) is 4.56. The van der Waals surface area contributed by atoms with Gasteiger partial charge >= 0.3 is 0 Å². The monoisotopic (exact) mass is 309 g/mol. The third-order valence-corrected chi connectivity index (χ3v) is 3.96. The standard InChI is InChI=1S/C16H20FNO2S/c1-12(21-2)8-9-18-16(20)14-11-13(5-3-4-10-19)6-7-15(14)17/h6-7,11-12,19H,4,8-10H2,1-2H3,(H,18,20). The van der Waals surface area contributed by atoms with Gasteiger partial charge in [0.05, 0.1) is 12.2 Å². The number of halogens is 1. The molecule has 0 spiro atoms. The quantitative estimate of drug-likeness (QED) is 0.794. The number of benzene rings is 1. The fraction of sp³-hybridized carbons (Fsp3) is 0.438. The molecule has 0 aliphatic heterocycles. The molecule has 2 N–H and O–H groups in total. The highest BCUT2D eigenvalue weighted by Crippen LogP contribution is 2.11. The molecular weight excluding hydrogens is 289 g/mol. The molecular formula is C16H20FNO2S. The van der Waals surface area contributed by atoms with Gasteiger partial charge in [0.25, 0.3) is 5.91 Å². The maximum absolute atomic E-state index is 13.7. The van der Waals surface area contributed by atoms with Crippen molar-refractivity contribution in [3.63, 3.8) is 0 Å². The van der Waals surface area contributed by atoms with E-state index >= 15 is 0 Å². The molecule has 0 fully saturated rings. The Labute approximate surface area is 129 Å². The van der Waals surface area contributed by atoms with E-state index in [-0.39, 0.29) is 12.2 Å². The second-order valence-corrected chi connectivity index (χ2v) is 5.84. The molecule has 1 aromatic carbocycles. The van der Waals surface area contributed by atoms with Crippen LogP contribution in [0.25, 0.3) is 0 Å². The van der Waals surface area contributed by atoms with Gasteiger partial charge in [-0.15, -0.1) is 0 Å². The lowest BCUT2D eigenvalue weighted by molar-refractivity contribution is 0.0949. The number of rotatable bonds is 6. The van der Waals surface area contributed by atoms with Crippen molar-refractivity contribution in [3.8, 4) is 11.8 Å². The van der Waals surface area contributed by atoms with Crippen LogP contribution >= 0.6 is 11.8 Å². The van der Waals surface area contributed by atoms with Crippen molar-refractivity contribution in [2.45, 2.75) is 25.0 Å². The van der Waals surface area contributed by atoms with Crippen LogP contribution in [-0.4, -0.2) is 35.7 Å². The van der Waals surface area contributed by atoms with Crippen molar-refractivity contribution in [1.82, 2.24) is 5.32 Å². The summed E-state index contributed by atoms with van der Waals surface area (Å²) in [5.41, 5.74) is 0.565. The highest BCUT2D eigenvalue weighted by Gasteiger charge is 2.12. The van der Waals surface area contributed by atoms with Crippen LogP contribution in [0.3, 0.4) is 0 Å². The first-order chi connectivity index (χ1) is 10.1. The first kappa shape index (κ1) is 17.5. The Bertz CT molecular complexity index is 537. The van der Waals surface area contributed by atoms with Gasteiger partial charge in [-0.05, 0) is 30.9 Å². The summed E-state index contributed by atoms with van der Waals surface area (Å²) in [7, 11) is 0. The molecule has 0 saturated carbocycles. The Morgan fingerprint density at radius 3 is 2.95 bits per heavy atom. The number of thioether (sulfide) groups is 1. The zero-order valence-electron chi connectivity index (χ0n) is 12.3. The number of aliphatic hydroxyl groups is 1. The number of nitrogens with one attached hydrogen (secondary N) is 1. The van der Waals surface area contributed by atoms with Gasteiger partial charge in [0, 0.05) is 23.8 Å². The molecule has 3 nitrogen and oxygen atoms in total. The summed E-state index contributed by atoms with van der Waals surface area (Å²) in [5, 5.41) is 11.8. The van der Waals surface area contributed by atoms with Crippen LogP contribution in [0.5, 0.6) is 0 Å². The van der Waals surface area contributed by atoms with Gasteiger partial charge in [0.1, 0.15) is 5.82 Å². The number of hydrogen-bond acceptors (Lipinski definition) is 3. The van der Waals surface area contributed by atoms with Crippen molar-refractivity contribution < 1.29 is 14.3 Å². The average Bonchev–Trinajstić information content (AvgIpc) is 2.48. The Balaban J connectivity index is 2.70. The lowest BCUT2D eigenvalue weighted by Crippen LogP contribution is -2.26. The maximum atomic E-state index is 13.7. The van der Waals surface area contributed by atoms with Gasteiger partial charge in [0.15, 0.2) is 0 Å². The van der Waals surface area contributed by atoms with Crippen molar-refractivity contribution in [2.24, 2.45) is 0 Å². The summed E-state index contributed by atoms with van der Waals surface area (Å²) in [4.78, 5) is 12.0. The molecule has 1 aromatic rings. The van der Waals surface area contributed by atoms with Gasteiger partial charge in [-0.1, -0.05) is 18.8 Å². The highest BCUT2D eigenvalue weighted by atomic mass is 32.2. The summed E-state index contributed by atoms with van der Waals surface area (Å²) in [6, 6.07) is 4.20. The number of aliphatic hydroxyl groups excluding tert-OH is 1. The highest BCUT2D eigenvalue weighted by molar-refractivity contribution is 7.99. The molecule has 1 rings (SSSR count). The van der Waals surface area contributed by atoms with E-state index in [9.17, 15) is 9.18 Å². The van der Waals surface area contributed by atoms with E-state index < -0.39 is 11.7 Å². The lowest BCUT2D eigenvalue weighted by Gasteiger charge is -2.09. The van der Waals surface area contributed by atoms with Crippen LogP contribution < -0.4 is 5.32 Å². The van der Waals surface area contributed by atoms with Crippen LogP contribution in [0.2, 0.25) is 0 Å². The first-order valence-electron chi connectivity index (χ1n) is 6.78. The van der Waals surface area contributed by atoms with E-state index in [1.54, 1.807) is 11.8 Å². The van der Waals surface area contributed by atoms with Crippen molar-refractivity contribution in [3.05, 3.63) is 35.1 Å². The predicted octanol–water partition coefficient (Wildman–Crippen LogP) is 2.43. The van der Waals surface area contributed by atoms with Gasteiger partial charge in [-0.25, -0.2) is 4.39 Å². The van der Waals surface area contributed by atoms with Crippen molar-refractivity contribution in [1.29, 1.82) is 0 Å². The van der Waals surface area contributed by atoms with Crippen LogP contribution in [0.15, 0.2) is 18.2 Å². The third kappa shape index (κ3) is 6.19. The average molecular weight is 309 g/mol. The van der Waals surface area contributed by atoms with Gasteiger partial charge in [-0.3, -0.25) is 4.79 Å². The summed E-state index contributed by atoms with van der Waals surface area (Å²) < 4.78 is 13.7. The Kier molecular flexibility index (Phi) is 7.88. The Hall–Kier alpha value is -1.51. The van der Waals surface area contributed by atoms with E-state index in [2.05, 4.69) is 24.1 Å². The summed E-state index contributed by atoms with van der Waals surface area (Å²) in [5.74, 6) is 4.56. The molecule has 114 valence electrons. The smallest absolute Gasteiger partial charge is 0.254 e. The molecule has 1 amide bonds. The summed E-state index contributed by atoms with van der Waals surface area (Å²) >= 11 is 1.72. The van der Waals surface area contributed by atoms with E-state index in [0.29, 0.717) is 23.8 Å². The number of hydrogen-bond donors (Lipinski definition) is 2. The molecule has 0 radical (unpaired) electrons. The van der Waals surface area contributed by atoms with Gasteiger partial charge in [-0.2, -0.15) is 11.8 Å². The fourth-order valence-corrected chi connectivity index (χ4v) is 1.95. The molecule has 0 heterocycles. The van der Waals surface area contributed by atoms with Gasteiger partial charge < -0.3 is 10.4 Å². The van der Waals surface area contributed by atoms with Crippen LogP contribution in [0.4, 0.5) is 4.39 Å². The van der Waals surface area contributed by atoms with Crippen LogP contribution in [-0.2, 0) is 0 Å². The zero-order chi connectivity index (χ0) is 15.7. The van der Waals surface area contributed by atoms with Crippen LogP contribution in [0.1, 0.15) is 35.7 Å². The Morgan fingerprint density at radius 2 is 2.29 bits per heavy atom. The number of carbonyl (C=O) groups is 1. The summed E-state index contributed by atoms with van der Waals surface area (Å²) in [6.45, 7) is 2.57. The normalized spacial score (nSPS) is 11.4. The Morgan fingerprint density at radius 1 is 1.52 bits per heavy atom. The maximum Gasteiger partial charge on any atom is 0.254 e. The topological polar surface area (TPSA) is 49.3 Å². The van der Waals surface area contributed by atoms with E-state index in [1.807, 2.05) is 6.26 Å². The van der Waals surface area contributed by atoms with E-state index in [1.165, 1.54) is 18.2 Å². The minimum absolute atomic E-state index is 0.00241. The molecule has 0 saturated heterocycles. The molecule has 5 heteroatoms. The van der Waals surface area contributed by atoms with E-state index in [4.69, 9.17) is 5.11 Å². The molecule has 0 aliphatic rings. The lowest BCUT2D eigenvalue weighted by atomic mass is 10.1. The molecule has 0 aromatic heterocycles. The molecule has 1 atom stereocenters. The fourth-order valence-electron chi connectivity index (χ4n) is 1.60. The summed E-state index contributed by atoms with van der Waals surface area (Å²) in [6.07, 6.45) is 3.21. The van der Waals surface area contributed by atoms with Gasteiger partial charge in [0.2, 0.25) is 0 Å². The van der Waals surface area contributed by atoms with E-state index in [0.717, 1.165) is 6.42 Å². The third-order valence-electron chi connectivity index (χ3n) is 2.92. The minimum atomic E-state index is -0.557. The SMILES string of the molecule is CSC(C)CCNC(=O)c1cc(C#CCCO)ccc1F. The van der Waals surface area contributed by atoms with Crippen molar-refractivity contribution >= 4 is 17.7 Å². The minimum Gasteiger partial charge on any atom is -0.395 e. The molecule has 1 unspecified atom stereocenters. The largest absolute Gasteiger partial charge is 0.395 e. The predicted molar refractivity (Wildman–Crippen MR) is 84.9 cm³/mol. The zero-order valence-corrected chi connectivity index (χ0v) is 13.1. The van der Waals surface area contributed by atoms with Crippen LogP contribution in [0, 0.1) is 17.7 Å². The second kappa shape index (κ2) is 9.43. The van der Waals surface area contributed by atoms with Crippen molar-refractivity contribution in [2.75, 3.05) is 19.4 Å². The number of amides is 1. The number of carbonyl (C=O) groups excluding carboxylic acids is 1. The molecule has 0 aliphatic carbocycles. The molecule has 0 bridgehead atoms. The first-order valence-corrected chi connectivity index (χ1v) is 8.07.